The maximum Gasteiger partial charge on any atom is 0.238 e. The number of nitrogens with two attached hydrogens (primary N) is 1. The molecule has 104 valence electrons. The van der Waals surface area contributed by atoms with Gasteiger partial charge in [-0.3, -0.25) is 4.79 Å². The fraction of sp³-hybridized carbons (Fsp3) is 0.385. The van der Waals surface area contributed by atoms with E-state index in [1.807, 2.05) is 31.4 Å². The summed E-state index contributed by atoms with van der Waals surface area (Å²) in [6, 6.07) is 7.52. The standard InChI is InChI=1S/C13H19N3O2S/c1-4-13(2,11(14)16-18)12(17)15-9-6-5-7-10(8-9)19-3/h5-8,18H,4H2,1-3H3,(H2,14,16)(H,15,17). The number of amidine groups is 1. The highest BCUT2D eigenvalue weighted by molar-refractivity contribution is 7.98. The van der Waals surface area contributed by atoms with Crippen molar-refractivity contribution in [3.05, 3.63) is 24.3 Å². The molecule has 0 radical (unpaired) electrons. The lowest BCUT2D eigenvalue weighted by atomic mass is 9.85. The number of benzene rings is 1. The van der Waals surface area contributed by atoms with Crippen LogP contribution >= 0.6 is 11.8 Å². The fourth-order valence-corrected chi connectivity index (χ4v) is 2.00. The quantitative estimate of drug-likeness (QED) is 0.254. The molecule has 0 fully saturated rings. The van der Waals surface area contributed by atoms with E-state index in [0.29, 0.717) is 12.1 Å². The molecule has 1 unspecified atom stereocenters. The molecule has 1 aromatic rings. The third-order valence-electron chi connectivity index (χ3n) is 3.21. The van der Waals surface area contributed by atoms with Crippen LogP contribution in [0.15, 0.2) is 34.3 Å². The largest absolute Gasteiger partial charge is 0.409 e. The van der Waals surface area contributed by atoms with Crippen LogP contribution in [0.3, 0.4) is 0 Å². The van der Waals surface area contributed by atoms with Gasteiger partial charge in [0, 0.05) is 10.6 Å². The lowest BCUT2D eigenvalue weighted by Crippen LogP contribution is -2.44. The number of carbonyl (C=O) groups excluding carboxylic acids is 1. The van der Waals surface area contributed by atoms with Crippen LogP contribution < -0.4 is 11.1 Å². The Morgan fingerprint density at radius 1 is 1.58 bits per heavy atom. The van der Waals surface area contributed by atoms with Crippen LogP contribution in [0.1, 0.15) is 20.3 Å². The van der Waals surface area contributed by atoms with Crippen molar-refractivity contribution >= 4 is 29.2 Å². The molecule has 1 aromatic carbocycles. The van der Waals surface area contributed by atoms with Crippen molar-refractivity contribution in [3.63, 3.8) is 0 Å². The van der Waals surface area contributed by atoms with Gasteiger partial charge in [-0.05, 0) is 37.8 Å². The maximum atomic E-state index is 12.3. The first kappa shape index (κ1) is 15.4. The van der Waals surface area contributed by atoms with Crippen LogP contribution in [-0.2, 0) is 4.79 Å². The molecule has 1 atom stereocenters. The monoisotopic (exact) mass is 281 g/mol. The highest BCUT2D eigenvalue weighted by atomic mass is 32.2. The van der Waals surface area contributed by atoms with Gasteiger partial charge in [0.15, 0.2) is 5.84 Å². The van der Waals surface area contributed by atoms with Crippen LogP contribution in [0.25, 0.3) is 0 Å². The summed E-state index contributed by atoms with van der Waals surface area (Å²) in [6.07, 6.45) is 2.41. The third-order valence-corrected chi connectivity index (χ3v) is 3.93. The van der Waals surface area contributed by atoms with E-state index in [4.69, 9.17) is 10.9 Å². The van der Waals surface area contributed by atoms with E-state index in [0.717, 1.165) is 4.90 Å². The predicted octanol–water partition coefficient (Wildman–Crippen LogP) is 2.51. The fourth-order valence-electron chi connectivity index (χ4n) is 1.54. The minimum absolute atomic E-state index is 0.0893. The molecule has 0 saturated carbocycles. The first-order valence-corrected chi connectivity index (χ1v) is 7.14. The van der Waals surface area contributed by atoms with Crippen molar-refractivity contribution in [3.8, 4) is 0 Å². The highest BCUT2D eigenvalue weighted by Gasteiger charge is 2.36. The third kappa shape index (κ3) is 3.41. The minimum Gasteiger partial charge on any atom is -0.409 e. The van der Waals surface area contributed by atoms with Crippen molar-refractivity contribution in [2.24, 2.45) is 16.3 Å². The second kappa shape index (κ2) is 6.47. The molecule has 0 aliphatic rings. The van der Waals surface area contributed by atoms with Gasteiger partial charge in [-0.1, -0.05) is 18.1 Å². The van der Waals surface area contributed by atoms with Gasteiger partial charge in [0.2, 0.25) is 5.91 Å². The van der Waals surface area contributed by atoms with Crippen molar-refractivity contribution in [2.75, 3.05) is 11.6 Å². The predicted molar refractivity (Wildman–Crippen MR) is 78.7 cm³/mol. The zero-order valence-electron chi connectivity index (χ0n) is 11.3. The number of amides is 1. The van der Waals surface area contributed by atoms with Crippen molar-refractivity contribution in [1.82, 2.24) is 0 Å². The lowest BCUT2D eigenvalue weighted by molar-refractivity contribution is -0.121. The molecule has 1 rings (SSSR count). The van der Waals surface area contributed by atoms with Gasteiger partial charge < -0.3 is 16.3 Å². The molecule has 0 bridgehead atoms. The van der Waals surface area contributed by atoms with E-state index in [1.165, 1.54) is 0 Å². The average molecular weight is 281 g/mol. The Hall–Kier alpha value is -1.69. The molecule has 0 aliphatic heterocycles. The number of nitrogens with one attached hydrogen (secondary N) is 1. The van der Waals surface area contributed by atoms with E-state index in [1.54, 1.807) is 24.8 Å². The SMILES string of the molecule is CCC(C)(C(=O)Nc1cccc(SC)c1)/C(N)=N/O. The summed E-state index contributed by atoms with van der Waals surface area (Å²) in [7, 11) is 0. The second-order valence-corrected chi connectivity index (χ2v) is 5.24. The van der Waals surface area contributed by atoms with Crippen molar-refractivity contribution in [2.45, 2.75) is 25.2 Å². The Morgan fingerprint density at radius 2 is 2.26 bits per heavy atom. The van der Waals surface area contributed by atoms with Gasteiger partial charge in [0.05, 0.1) is 0 Å². The van der Waals surface area contributed by atoms with E-state index in [9.17, 15) is 4.79 Å². The summed E-state index contributed by atoms with van der Waals surface area (Å²) in [5.41, 5.74) is 5.28. The number of hydrogen-bond acceptors (Lipinski definition) is 4. The van der Waals surface area contributed by atoms with Crippen LogP contribution in [0, 0.1) is 5.41 Å². The molecule has 6 heteroatoms. The van der Waals surface area contributed by atoms with E-state index in [2.05, 4.69) is 10.5 Å². The van der Waals surface area contributed by atoms with Gasteiger partial charge in [-0.25, -0.2) is 0 Å². The van der Waals surface area contributed by atoms with Crippen molar-refractivity contribution < 1.29 is 10.0 Å². The summed E-state index contributed by atoms with van der Waals surface area (Å²) < 4.78 is 0. The molecule has 19 heavy (non-hydrogen) atoms. The molecule has 0 aliphatic carbocycles. The van der Waals surface area contributed by atoms with Crippen LogP contribution in [0.2, 0.25) is 0 Å². The van der Waals surface area contributed by atoms with Gasteiger partial charge >= 0.3 is 0 Å². The molecule has 4 N–H and O–H groups in total. The number of thioether (sulfide) groups is 1. The zero-order valence-corrected chi connectivity index (χ0v) is 12.1. The van der Waals surface area contributed by atoms with Gasteiger partial charge in [0.25, 0.3) is 0 Å². The van der Waals surface area contributed by atoms with Gasteiger partial charge in [-0.2, -0.15) is 0 Å². The summed E-state index contributed by atoms with van der Waals surface area (Å²) >= 11 is 1.59. The number of anilines is 1. The minimum atomic E-state index is -1.02. The van der Waals surface area contributed by atoms with Gasteiger partial charge in [0.1, 0.15) is 5.41 Å². The molecular formula is C13H19N3O2S. The lowest BCUT2D eigenvalue weighted by Gasteiger charge is -2.25. The van der Waals surface area contributed by atoms with E-state index < -0.39 is 5.41 Å². The number of hydrogen-bond donors (Lipinski definition) is 3. The van der Waals surface area contributed by atoms with E-state index in [-0.39, 0.29) is 11.7 Å². The molecule has 0 heterocycles. The topological polar surface area (TPSA) is 87.7 Å². The van der Waals surface area contributed by atoms with Crippen LogP contribution in [0.4, 0.5) is 5.69 Å². The summed E-state index contributed by atoms with van der Waals surface area (Å²) in [4.78, 5) is 13.3. The number of rotatable bonds is 5. The average Bonchev–Trinajstić information content (AvgIpc) is 2.45. The van der Waals surface area contributed by atoms with Crippen molar-refractivity contribution in [1.29, 1.82) is 0 Å². The first-order valence-electron chi connectivity index (χ1n) is 5.91. The second-order valence-electron chi connectivity index (χ2n) is 4.36. The molecule has 0 saturated heterocycles. The van der Waals surface area contributed by atoms with Crippen LogP contribution in [0.5, 0.6) is 0 Å². The van der Waals surface area contributed by atoms with Gasteiger partial charge in [-0.15, -0.1) is 11.8 Å². The van der Waals surface area contributed by atoms with E-state index >= 15 is 0 Å². The number of nitrogens with zero attached hydrogens (tertiary/aromatic N) is 1. The Kier molecular flexibility index (Phi) is 5.23. The Labute approximate surface area is 117 Å². The normalized spacial score (nSPS) is 14.8. The smallest absolute Gasteiger partial charge is 0.238 e. The number of oxime groups is 1. The molecule has 0 aromatic heterocycles. The first-order chi connectivity index (χ1) is 8.97. The number of carbonyl (C=O) groups is 1. The highest BCUT2D eigenvalue weighted by Crippen LogP contribution is 2.25. The maximum absolute atomic E-state index is 12.3. The molecule has 1 amide bonds. The summed E-state index contributed by atoms with van der Waals surface area (Å²) in [5, 5.41) is 14.5. The molecule has 0 spiro atoms. The molecular weight excluding hydrogens is 262 g/mol. The van der Waals surface area contributed by atoms with Crippen LogP contribution in [-0.4, -0.2) is 23.2 Å². The summed E-state index contributed by atoms with van der Waals surface area (Å²) in [5.74, 6) is -0.378. The Bertz CT molecular complexity index is 491. The zero-order chi connectivity index (χ0) is 14.5. The Balaban J connectivity index is 2.94. The summed E-state index contributed by atoms with van der Waals surface area (Å²) in [6.45, 7) is 3.46. The Morgan fingerprint density at radius 3 is 2.79 bits per heavy atom. The molecule has 5 nitrogen and oxygen atoms in total.